The van der Waals surface area contributed by atoms with Crippen molar-refractivity contribution in [3.8, 4) is 0 Å². The Hall–Kier alpha value is -1.27. The molecule has 1 atom stereocenters. The minimum Gasteiger partial charge on any atom is -0.388 e. The quantitative estimate of drug-likeness (QED) is 0.840. The van der Waals surface area contributed by atoms with E-state index in [1.165, 1.54) is 12.1 Å². The van der Waals surface area contributed by atoms with Crippen LogP contribution in [0.4, 0.5) is 18.9 Å². The zero-order chi connectivity index (χ0) is 14.5. The van der Waals surface area contributed by atoms with Crippen LogP contribution in [-0.4, -0.2) is 31.0 Å². The van der Waals surface area contributed by atoms with Crippen LogP contribution in [-0.2, 0) is 10.9 Å². The first-order valence-corrected chi connectivity index (χ1v) is 5.87. The molecule has 0 spiro atoms. The monoisotopic (exact) mass is 277 g/mol. The maximum absolute atomic E-state index is 12.4. The van der Waals surface area contributed by atoms with Gasteiger partial charge in [-0.1, -0.05) is 0 Å². The second-order valence-corrected chi connectivity index (χ2v) is 4.67. The lowest BCUT2D eigenvalue weighted by atomic mass is 10.0. The Balaban J connectivity index is 2.54. The highest BCUT2D eigenvalue weighted by Gasteiger charge is 2.30. The Morgan fingerprint density at radius 1 is 1.21 bits per heavy atom. The molecular weight excluding hydrogens is 259 g/mol. The average Bonchev–Trinajstić information content (AvgIpc) is 2.34. The van der Waals surface area contributed by atoms with Gasteiger partial charge in [-0.25, -0.2) is 0 Å². The number of anilines is 1. The van der Waals surface area contributed by atoms with E-state index in [0.717, 1.165) is 12.1 Å². The first-order valence-electron chi connectivity index (χ1n) is 5.87. The predicted molar refractivity (Wildman–Crippen MR) is 67.1 cm³/mol. The number of alkyl halides is 3. The molecule has 0 heterocycles. The van der Waals surface area contributed by atoms with E-state index < -0.39 is 17.3 Å². The first kappa shape index (κ1) is 15.8. The molecule has 1 unspecified atom stereocenters. The Kier molecular flexibility index (Phi) is 5.20. The molecule has 0 aliphatic heterocycles. The molecule has 0 saturated heterocycles. The number of rotatable bonds is 6. The fraction of sp³-hybridized carbons (Fsp3) is 0.538. The third kappa shape index (κ3) is 5.48. The van der Waals surface area contributed by atoms with Crippen LogP contribution >= 0.6 is 0 Å². The number of methoxy groups -OCH3 is 1. The van der Waals surface area contributed by atoms with Gasteiger partial charge in [0.25, 0.3) is 0 Å². The summed E-state index contributed by atoms with van der Waals surface area (Å²) in [4.78, 5) is 0. The summed E-state index contributed by atoms with van der Waals surface area (Å²) in [6.07, 6.45) is -3.89. The molecule has 6 heteroatoms. The van der Waals surface area contributed by atoms with E-state index in [2.05, 4.69) is 5.32 Å². The van der Waals surface area contributed by atoms with E-state index in [0.29, 0.717) is 18.7 Å². The van der Waals surface area contributed by atoms with E-state index in [4.69, 9.17) is 4.74 Å². The molecule has 0 bridgehead atoms. The molecule has 3 nitrogen and oxygen atoms in total. The van der Waals surface area contributed by atoms with Crippen molar-refractivity contribution in [2.75, 3.05) is 25.6 Å². The van der Waals surface area contributed by atoms with Gasteiger partial charge < -0.3 is 15.2 Å². The molecule has 0 aliphatic rings. The molecule has 19 heavy (non-hydrogen) atoms. The Bertz CT molecular complexity index is 388. The summed E-state index contributed by atoms with van der Waals surface area (Å²) in [5.41, 5.74) is -1.13. The van der Waals surface area contributed by atoms with Gasteiger partial charge in [-0.2, -0.15) is 13.2 Å². The van der Waals surface area contributed by atoms with Crippen molar-refractivity contribution in [2.24, 2.45) is 0 Å². The van der Waals surface area contributed by atoms with Crippen molar-refractivity contribution in [1.82, 2.24) is 0 Å². The number of halogens is 3. The lowest BCUT2D eigenvalue weighted by molar-refractivity contribution is -0.137. The molecule has 0 radical (unpaired) electrons. The summed E-state index contributed by atoms with van der Waals surface area (Å²) in [5, 5.41) is 12.9. The van der Waals surface area contributed by atoms with Crippen LogP contribution in [0.2, 0.25) is 0 Å². The highest BCUT2D eigenvalue weighted by molar-refractivity contribution is 5.45. The molecular formula is C13H18F3NO2. The van der Waals surface area contributed by atoms with Gasteiger partial charge in [0.15, 0.2) is 0 Å². The highest BCUT2D eigenvalue weighted by Crippen LogP contribution is 2.29. The largest absolute Gasteiger partial charge is 0.416 e. The molecule has 0 fully saturated rings. The van der Waals surface area contributed by atoms with Gasteiger partial charge in [-0.15, -0.1) is 0 Å². The molecule has 1 rings (SSSR count). The normalized spacial score (nSPS) is 15.1. The van der Waals surface area contributed by atoms with E-state index in [9.17, 15) is 18.3 Å². The van der Waals surface area contributed by atoms with Crippen LogP contribution in [0.15, 0.2) is 24.3 Å². The average molecular weight is 277 g/mol. The van der Waals surface area contributed by atoms with Crippen LogP contribution in [0.1, 0.15) is 18.9 Å². The SMILES string of the molecule is COCCC(C)(O)CNc1ccc(C(F)(F)F)cc1. The van der Waals surface area contributed by atoms with E-state index in [1.54, 1.807) is 14.0 Å². The van der Waals surface area contributed by atoms with Crippen LogP contribution in [0.5, 0.6) is 0 Å². The second kappa shape index (κ2) is 6.25. The number of hydrogen-bond acceptors (Lipinski definition) is 3. The van der Waals surface area contributed by atoms with Gasteiger partial charge in [0, 0.05) is 32.4 Å². The van der Waals surface area contributed by atoms with Gasteiger partial charge in [0.2, 0.25) is 0 Å². The summed E-state index contributed by atoms with van der Waals surface area (Å²) in [7, 11) is 1.54. The van der Waals surface area contributed by atoms with Gasteiger partial charge in [-0.05, 0) is 31.2 Å². The van der Waals surface area contributed by atoms with E-state index in [-0.39, 0.29) is 6.54 Å². The Morgan fingerprint density at radius 2 is 1.79 bits per heavy atom. The summed E-state index contributed by atoms with van der Waals surface area (Å²) < 4.78 is 41.9. The van der Waals surface area contributed by atoms with Crippen molar-refractivity contribution < 1.29 is 23.0 Å². The number of benzene rings is 1. The molecule has 1 aromatic carbocycles. The smallest absolute Gasteiger partial charge is 0.388 e. The summed E-state index contributed by atoms with van der Waals surface area (Å²) >= 11 is 0. The summed E-state index contributed by atoms with van der Waals surface area (Å²) in [6, 6.07) is 4.70. The number of nitrogens with one attached hydrogen (secondary N) is 1. The van der Waals surface area contributed by atoms with Gasteiger partial charge in [-0.3, -0.25) is 0 Å². The van der Waals surface area contributed by atoms with E-state index in [1.807, 2.05) is 0 Å². The zero-order valence-electron chi connectivity index (χ0n) is 10.9. The Labute approximate surface area is 110 Å². The van der Waals surface area contributed by atoms with Crippen LogP contribution in [0, 0.1) is 0 Å². The minimum absolute atomic E-state index is 0.238. The molecule has 0 aliphatic carbocycles. The van der Waals surface area contributed by atoms with Crippen molar-refractivity contribution in [3.05, 3.63) is 29.8 Å². The topological polar surface area (TPSA) is 41.5 Å². The van der Waals surface area contributed by atoms with Crippen molar-refractivity contribution in [3.63, 3.8) is 0 Å². The van der Waals surface area contributed by atoms with Crippen LogP contribution in [0.3, 0.4) is 0 Å². The first-order chi connectivity index (χ1) is 8.74. The zero-order valence-corrected chi connectivity index (χ0v) is 10.9. The number of hydrogen-bond donors (Lipinski definition) is 2. The van der Waals surface area contributed by atoms with Crippen molar-refractivity contribution in [2.45, 2.75) is 25.1 Å². The third-order valence-corrected chi connectivity index (χ3v) is 2.73. The maximum atomic E-state index is 12.4. The second-order valence-electron chi connectivity index (χ2n) is 4.67. The molecule has 0 aromatic heterocycles. The molecule has 108 valence electrons. The number of aliphatic hydroxyl groups is 1. The fourth-order valence-corrected chi connectivity index (χ4v) is 1.48. The lowest BCUT2D eigenvalue weighted by Crippen LogP contribution is -2.34. The molecule has 2 N–H and O–H groups in total. The van der Waals surface area contributed by atoms with Crippen LogP contribution < -0.4 is 5.32 Å². The van der Waals surface area contributed by atoms with Gasteiger partial charge in [0.1, 0.15) is 0 Å². The predicted octanol–water partition coefficient (Wildman–Crippen LogP) is 2.90. The molecule has 0 saturated carbocycles. The van der Waals surface area contributed by atoms with Gasteiger partial charge >= 0.3 is 6.18 Å². The summed E-state index contributed by atoms with van der Waals surface area (Å²) in [6.45, 7) is 2.30. The lowest BCUT2D eigenvalue weighted by Gasteiger charge is -2.24. The van der Waals surface area contributed by atoms with Crippen LogP contribution in [0.25, 0.3) is 0 Å². The molecule has 1 aromatic rings. The molecule has 0 amide bonds. The summed E-state index contributed by atoms with van der Waals surface area (Å²) in [5.74, 6) is 0. The Morgan fingerprint density at radius 3 is 2.26 bits per heavy atom. The van der Waals surface area contributed by atoms with Crippen molar-refractivity contribution >= 4 is 5.69 Å². The number of ether oxygens (including phenoxy) is 1. The van der Waals surface area contributed by atoms with E-state index >= 15 is 0 Å². The third-order valence-electron chi connectivity index (χ3n) is 2.73. The fourth-order valence-electron chi connectivity index (χ4n) is 1.48. The highest BCUT2D eigenvalue weighted by atomic mass is 19.4. The van der Waals surface area contributed by atoms with Gasteiger partial charge in [0.05, 0.1) is 11.2 Å². The standard InChI is InChI=1S/C13H18F3NO2/c1-12(18,7-8-19-2)9-17-11-5-3-10(4-6-11)13(14,15)16/h3-6,17-18H,7-9H2,1-2H3. The van der Waals surface area contributed by atoms with Crippen molar-refractivity contribution in [1.29, 1.82) is 0 Å². The maximum Gasteiger partial charge on any atom is 0.416 e. The minimum atomic E-state index is -4.33.